The molecule has 1 aromatic heterocycles. The van der Waals surface area contributed by atoms with Crippen LogP contribution in [0.1, 0.15) is 16.7 Å². The highest BCUT2D eigenvalue weighted by Crippen LogP contribution is 2.24. The number of methoxy groups -OCH3 is 1. The second kappa shape index (κ2) is 9.38. The molecular formula is C27H26N2O5S. The number of carbonyl (C=O) groups is 1. The summed E-state index contributed by atoms with van der Waals surface area (Å²) in [6.07, 6.45) is 1.25. The summed E-state index contributed by atoms with van der Waals surface area (Å²) in [5, 5.41) is 3.13. The van der Waals surface area contributed by atoms with Gasteiger partial charge in [0, 0.05) is 17.3 Å². The van der Waals surface area contributed by atoms with E-state index in [1.165, 1.54) is 42.1 Å². The van der Waals surface area contributed by atoms with Crippen molar-refractivity contribution < 1.29 is 17.9 Å². The first-order valence-electron chi connectivity index (χ1n) is 11.0. The van der Waals surface area contributed by atoms with E-state index in [1.807, 2.05) is 45.0 Å². The maximum Gasteiger partial charge on any atom is 0.244 e. The zero-order chi connectivity index (χ0) is 25.3. The Bertz CT molecular complexity index is 1600. The highest BCUT2D eigenvalue weighted by atomic mass is 32.2. The summed E-state index contributed by atoms with van der Waals surface area (Å²) in [5.41, 5.74) is 3.27. The number of pyridine rings is 1. The number of fused-ring (bicyclic) bond motifs is 1. The van der Waals surface area contributed by atoms with Crippen LogP contribution in [0, 0.1) is 20.8 Å². The lowest BCUT2D eigenvalue weighted by Crippen LogP contribution is -2.24. The second-order valence-electron chi connectivity index (χ2n) is 8.52. The van der Waals surface area contributed by atoms with Gasteiger partial charge in [-0.15, -0.1) is 0 Å². The number of anilines is 1. The molecule has 0 bridgehead atoms. The molecule has 0 atom stereocenters. The van der Waals surface area contributed by atoms with Crippen molar-refractivity contribution in [1.82, 2.24) is 4.57 Å². The molecule has 1 heterocycles. The average Bonchev–Trinajstić information content (AvgIpc) is 2.83. The van der Waals surface area contributed by atoms with Crippen LogP contribution in [0.25, 0.3) is 10.9 Å². The third kappa shape index (κ3) is 4.83. The van der Waals surface area contributed by atoms with Crippen molar-refractivity contribution in [1.29, 1.82) is 0 Å². The number of benzene rings is 3. The third-order valence-electron chi connectivity index (χ3n) is 5.84. The summed E-state index contributed by atoms with van der Waals surface area (Å²) in [6.45, 7) is 5.48. The minimum Gasteiger partial charge on any atom is -0.497 e. The van der Waals surface area contributed by atoms with Crippen LogP contribution < -0.4 is 15.5 Å². The van der Waals surface area contributed by atoms with Crippen molar-refractivity contribution in [2.75, 3.05) is 12.4 Å². The molecule has 3 aromatic carbocycles. The van der Waals surface area contributed by atoms with Gasteiger partial charge in [-0.2, -0.15) is 0 Å². The van der Waals surface area contributed by atoms with Crippen LogP contribution in [-0.4, -0.2) is 26.0 Å². The lowest BCUT2D eigenvalue weighted by molar-refractivity contribution is -0.116. The molecule has 4 aromatic rings. The number of nitrogens with one attached hydrogen (secondary N) is 1. The van der Waals surface area contributed by atoms with Crippen molar-refractivity contribution in [2.24, 2.45) is 0 Å². The number of carbonyl (C=O) groups excluding carboxylic acids is 1. The van der Waals surface area contributed by atoms with Gasteiger partial charge in [0.25, 0.3) is 0 Å². The molecule has 0 radical (unpaired) electrons. The number of aryl methyl sites for hydroxylation is 3. The fourth-order valence-corrected chi connectivity index (χ4v) is 5.27. The smallest absolute Gasteiger partial charge is 0.244 e. The van der Waals surface area contributed by atoms with Crippen LogP contribution >= 0.6 is 0 Å². The molecular weight excluding hydrogens is 464 g/mol. The Morgan fingerprint density at radius 3 is 2.29 bits per heavy atom. The first-order chi connectivity index (χ1) is 16.6. The Hall–Kier alpha value is -3.91. The molecule has 0 aliphatic rings. The van der Waals surface area contributed by atoms with Gasteiger partial charge >= 0.3 is 0 Å². The highest BCUT2D eigenvalue weighted by molar-refractivity contribution is 7.91. The molecule has 8 heteroatoms. The zero-order valence-electron chi connectivity index (χ0n) is 20.0. The molecule has 1 N–H and O–H groups in total. The molecule has 1 amide bonds. The molecule has 7 nitrogen and oxygen atoms in total. The van der Waals surface area contributed by atoms with Crippen LogP contribution in [0.2, 0.25) is 0 Å². The number of rotatable bonds is 6. The lowest BCUT2D eigenvalue weighted by atomic mass is 10.1. The summed E-state index contributed by atoms with van der Waals surface area (Å²) in [7, 11) is -2.67. The summed E-state index contributed by atoms with van der Waals surface area (Å²) in [6, 6.07) is 16.8. The van der Waals surface area contributed by atoms with E-state index in [9.17, 15) is 18.0 Å². The third-order valence-corrected chi connectivity index (χ3v) is 7.61. The van der Waals surface area contributed by atoms with E-state index in [4.69, 9.17) is 4.74 Å². The molecule has 0 aliphatic carbocycles. The van der Waals surface area contributed by atoms with Crippen molar-refractivity contribution in [3.05, 3.63) is 93.8 Å². The summed E-state index contributed by atoms with van der Waals surface area (Å²) >= 11 is 0. The number of hydrogen-bond donors (Lipinski definition) is 1. The quantitative estimate of drug-likeness (QED) is 0.432. The number of aromatic nitrogens is 1. The van der Waals surface area contributed by atoms with Gasteiger partial charge in [-0.05, 0) is 74.4 Å². The Labute approximate surface area is 203 Å². The van der Waals surface area contributed by atoms with E-state index in [0.717, 1.165) is 16.7 Å². The van der Waals surface area contributed by atoms with Gasteiger partial charge in [0.15, 0.2) is 0 Å². The lowest BCUT2D eigenvalue weighted by Gasteiger charge is -2.15. The average molecular weight is 491 g/mol. The molecule has 0 fully saturated rings. The van der Waals surface area contributed by atoms with Gasteiger partial charge < -0.3 is 14.6 Å². The van der Waals surface area contributed by atoms with Crippen molar-refractivity contribution in [2.45, 2.75) is 37.1 Å². The topological polar surface area (TPSA) is 94.5 Å². The fourth-order valence-electron chi connectivity index (χ4n) is 3.90. The monoisotopic (exact) mass is 490 g/mol. The van der Waals surface area contributed by atoms with Crippen LogP contribution in [0.15, 0.2) is 81.4 Å². The van der Waals surface area contributed by atoms with Crippen molar-refractivity contribution >= 4 is 32.3 Å². The summed E-state index contributed by atoms with van der Waals surface area (Å²) < 4.78 is 33.5. The minimum absolute atomic E-state index is 0.0335. The molecule has 0 unspecified atom stereocenters. The minimum atomic E-state index is -4.15. The van der Waals surface area contributed by atoms with Crippen LogP contribution in [-0.2, 0) is 21.2 Å². The predicted octanol–water partition coefficient (Wildman–Crippen LogP) is 4.41. The molecule has 0 aliphatic heterocycles. The number of ether oxygens (including phenoxy) is 1. The van der Waals surface area contributed by atoms with E-state index in [2.05, 4.69) is 5.32 Å². The first-order valence-corrected chi connectivity index (χ1v) is 12.5. The molecule has 0 spiro atoms. The van der Waals surface area contributed by atoms with Crippen LogP contribution in [0.5, 0.6) is 5.75 Å². The van der Waals surface area contributed by atoms with E-state index in [-0.39, 0.29) is 27.6 Å². The maximum absolute atomic E-state index is 13.4. The predicted molar refractivity (Wildman–Crippen MR) is 136 cm³/mol. The Kier molecular flexibility index (Phi) is 6.49. The Morgan fingerprint density at radius 2 is 1.60 bits per heavy atom. The molecule has 180 valence electrons. The standard InChI is InChI=1S/C27H26N2O5S/c1-17-6-12-24-22(13-17)27(31)25(35(32,33)21-10-8-20(34-4)9-11-21)15-29(24)16-26(30)28-23-14-18(2)5-7-19(23)3/h5-15H,16H2,1-4H3,(H,28,30). The van der Waals surface area contributed by atoms with Crippen molar-refractivity contribution in [3.8, 4) is 5.75 Å². The number of hydrogen-bond acceptors (Lipinski definition) is 5. The maximum atomic E-state index is 13.4. The first kappa shape index (κ1) is 24.2. The van der Waals surface area contributed by atoms with Gasteiger partial charge in [0.2, 0.25) is 21.2 Å². The summed E-state index contributed by atoms with van der Waals surface area (Å²) in [5.74, 6) is 0.163. The van der Waals surface area contributed by atoms with Crippen molar-refractivity contribution in [3.63, 3.8) is 0 Å². The second-order valence-corrected chi connectivity index (χ2v) is 10.4. The highest BCUT2D eigenvalue weighted by Gasteiger charge is 2.24. The number of sulfone groups is 1. The number of amides is 1. The zero-order valence-corrected chi connectivity index (χ0v) is 20.8. The fraction of sp³-hybridized carbons (Fsp3) is 0.185. The van der Waals surface area contributed by atoms with E-state index in [1.54, 1.807) is 12.1 Å². The van der Waals surface area contributed by atoms with Gasteiger partial charge in [0.1, 0.15) is 17.2 Å². The largest absolute Gasteiger partial charge is 0.497 e. The van der Waals surface area contributed by atoms with E-state index < -0.39 is 15.3 Å². The Morgan fingerprint density at radius 1 is 0.943 bits per heavy atom. The molecule has 0 saturated carbocycles. The molecule has 0 saturated heterocycles. The van der Waals surface area contributed by atoms with Gasteiger partial charge in [-0.3, -0.25) is 9.59 Å². The van der Waals surface area contributed by atoms with Gasteiger partial charge in [-0.1, -0.05) is 23.8 Å². The van der Waals surface area contributed by atoms with Gasteiger partial charge in [-0.25, -0.2) is 8.42 Å². The molecule has 4 rings (SSSR count). The Balaban J connectivity index is 1.81. The SMILES string of the molecule is COc1ccc(S(=O)(=O)c2cn(CC(=O)Nc3cc(C)ccc3C)c3ccc(C)cc3c2=O)cc1. The van der Waals surface area contributed by atoms with Gasteiger partial charge in [0.05, 0.1) is 17.5 Å². The number of nitrogens with zero attached hydrogens (tertiary/aromatic N) is 1. The summed E-state index contributed by atoms with van der Waals surface area (Å²) in [4.78, 5) is 25.9. The van der Waals surface area contributed by atoms with E-state index in [0.29, 0.717) is 17.0 Å². The molecule has 35 heavy (non-hydrogen) atoms. The normalized spacial score (nSPS) is 11.4. The van der Waals surface area contributed by atoms with Crippen LogP contribution in [0.3, 0.4) is 0 Å². The van der Waals surface area contributed by atoms with Crippen LogP contribution in [0.4, 0.5) is 5.69 Å². The van der Waals surface area contributed by atoms with E-state index >= 15 is 0 Å².